The molecule has 0 aliphatic carbocycles. The van der Waals surface area contributed by atoms with Crippen LogP contribution >= 0.6 is 23.2 Å². The van der Waals surface area contributed by atoms with Crippen molar-refractivity contribution < 1.29 is 4.39 Å². The summed E-state index contributed by atoms with van der Waals surface area (Å²) in [6.45, 7) is 0. The molecule has 0 aliphatic rings. The van der Waals surface area contributed by atoms with Crippen molar-refractivity contribution in [3.8, 4) is 11.3 Å². The first kappa shape index (κ1) is 10.3. The van der Waals surface area contributed by atoms with E-state index in [9.17, 15) is 4.39 Å². The molecule has 0 fully saturated rings. The largest absolute Gasteiger partial charge is 0.223 e. The van der Waals surface area contributed by atoms with Crippen LogP contribution in [0.3, 0.4) is 0 Å². The topological polar surface area (TPSA) is 25.8 Å². The van der Waals surface area contributed by atoms with Crippen LogP contribution in [-0.4, -0.2) is 9.97 Å². The average molecular weight is 243 g/mol. The molecule has 0 N–H and O–H groups in total. The maximum absolute atomic E-state index is 13.4. The monoisotopic (exact) mass is 242 g/mol. The first-order valence-electron chi connectivity index (χ1n) is 4.11. The average Bonchev–Trinajstić information content (AvgIpc) is 2.22. The van der Waals surface area contributed by atoms with Gasteiger partial charge in [0.05, 0.1) is 6.20 Å². The fourth-order valence-corrected chi connectivity index (χ4v) is 1.51. The van der Waals surface area contributed by atoms with Gasteiger partial charge in [-0.15, -0.1) is 0 Å². The summed E-state index contributed by atoms with van der Waals surface area (Å²) in [6.07, 6.45) is 1.03. The van der Waals surface area contributed by atoms with Crippen LogP contribution in [-0.2, 0) is 0 Å². The minimum absolute atomic E-state index is 0.00590. The number of hydrogen-bond donors (Lipinski definition) is 0. The number of benzene rings is 1. The quantitative estimate of drug-likeness (QED) is 0.715. The van der Waals surface area contributed by atoms with Gasteiger partial charge in [0.15, 0.2) is 5.82 Å². The summed E-state index contributed by atoms with van der Waals surface area (Å²) in [7, 11) is 0. The molecule has 1 heterocycles. The van der Waals surface area contributed by atoms with Gasteiger partial charge in [0, 0.05) is 10.6 Å². The van der Waals surface area contributed by atoms with Crippen LogP contribution in [0.4, 0.5) is 4.39 Å². The third-order valence-electron chi connectivity index (χ3n) is 1.81. The molecule has 2 rings (SSSR count). The summed E-state index contributed by atoms with van der Waals surface area (Å²) in [6, 6.07) is 6.73. The van der Waals surface area contributed by atoms with Gasteiger partial charge in [0.25, 0.3) is 0 Å². The van der Waals surface area contributed by atoms with E-state index in [4.69, 9.17) is 23.2 Å². The first-order chi connectivity index (χ1) is 7.16. The van der Waals surface area contributed by atoms with Gasteiger partial charge < -0.3 is 0 Å². The van der Waals surface area contributed by atoms with Crippen molar-refractivity contribution in [1.29, 1.82) is 0 Å². The highest BCUT2D eigenvalue weighted by Gasteiger charge is 2.08. The fourth-order valence-electron chi connectivity index (χ4n) is 1.18. The standard InChI is InChI=1S/C10H5Cl2FN2/c11-7-3-1-2-6(4-7)9-8(13)5-14-10(12)15-9/h1-5H. The van der Waals surface area contributed by atoms with Crippen LogP contribution in [0.1, 0.15) is 0 Å². The lowest BCUT2D eigenvalue weighted by Gasteiger charge is -2.02. The molecule has 0 unspecified atom stereocenters. The lowest BCUT2D eigenvalue weighted by Crippen LogP contribution is -1.92. The summed E-state index contributed by atoms with van der Waals surface area (Å²) < 4.78 is 13.4. The summed E-state index contributed by atoms with van der Waals surface area (Å²) in [5.74, 6) is -0.526. The third-order valence-corrected chi connectivity index (χ3v) is 2.23. The Morgan fingerprint density at radius 3 is 2.73 bits per heavy atom. The van der Waals surface area contributed by atoms with Crippen LogP contribution in [0.2, 0.25) is 10.3 Å². The molecular weight excluding hydrogens is 238 g/mol. The van der Waals surface area contributed by atoms with E-state index in [2.05, 4.69) is 9.97 Å². The number of rotatable bonds is 1. The van der Waals surface area contributed by atoms with E-state index in [1.807, 2.05) is 0 Å². The molecule has 1 aromatic heterocycles. The second-order valence-corrected chi connectivity index (χ2v) is 3.62. The number of aromatic nitrogens is 2. The summed E-state index contributed by atoms with van der Waals surface area (Å²) in [5.41, 5.74) is 0.724. The van der Waals surface area contributed by atoms with Crippen LogP contribution in [0, 0.1) is 5.82 Å². The van der Waals surface area contributed by atoms with Gasteiger partial charge in [-0.3, -0.25) is 0 Å². The lowest BCUT2D eigenvalue weighted by atomic mass is 10.1. The molecule has 0 saturated carbocycles. The molecule has 0 aliphatic heterocycles. The van der Waals surface area contributed by atoms with Crippen molar-refractivity contribution in [2.45, 2.75) is 0 Å². The van der Waals surface area contributed by atoms with Gasteiger partial charge >= 0.3 is 0 Å². The molecule has 0 spiro atoms. The van der Waals surface area contributed by atoms with Gasteiger partial charge in [-0.05, 0) is 23.7 Å². The van der Waals surface area contributed by atoms with Crippen molar-refractivity contribution in [2.75, 3.05) is 0 Å². The van der Waals surface area contributed by atoms with Gasteiger partial charge in [-0.1, -0.05) is 23.7 Å². The Morgan fingerprint density at radius 2 is 2.00 bits per heavy atom. The van der Waals surface area contributed by atoms with Crippen LogP contribution in [0.5, 0.6) is 0 Å². The van der Waals surface area contributed by atoms with Crippen molar-refractivity contribution in [2.24, 2.45) is 0 Å². The predicted octanol–water partition coefficient (Wildman–Crippen LogP) is 3.59. The fraction of sp³-hybridized carbons (Fsp3) is 0. The van der Waals surface area contributed by atoms with E-state index in [0.717, 1.165) is 6.20 Å². The van der Waals surface area contributed by atoms with Gasteiger partial charge in [-0.2, -0.15) is 0 Å². The molecule has 0 amide bonds. The zero-order valence-corrected chi connectivity index (χ0v) is 8.93. The SMILES string of the molecule is Fc1cnc(Cl)nc1-c1cccc(Cl)c1. The molecule has 0 bridgehead atoms. The van der Waals surface area contributed by atoms with Gasteiger partial charge in [0.2, 0.25) is 5.28 Å². The van der Waals surface area contributed by atoms with Crippen LogP contribution < -0.4 is 0 Å². The second-order valence-electron chi connectivity index (χ2n) is 2.85. The Kier molecular flexibility index (Phi) is 2.84. The van der Waals surface area contributed by atoms with Gasteiger partial charge in [-0.25, -0.2) is 14.4 Å². The molecule has 0 saturated heterocycles. The Balaban J connectivity index is 2.58. The highest BCUT2D eigenvalue weighted by atomic mass is 35.5. The van der Waals surface area contributed by atoms with Crippen molar-refractivity contribution in [1.82, 2.24) is 9.97 Å². The molecular formula is C10H5Cl2FN2. The number of nitrogens with zero attached hydrogens (tertiary/aromatic N) is 2. The molecule has 15 heavy (non-hydrogen) atoms. The van der Waals surface area contributed by atoms with E-state index in [1.54, 1.807) is 24.3 Å². The number of halogens is 3. The zero-order valence-electron chi connectivity index (χ0n) is 7.42. The van der Waals surface area contributed by atoms with Crippen molar-refractivity contribution >= 4 is 23.2 Å². The smallest absolute Gasteiger partial charge is 0.223 e. The zero-order chi connectivity index (χ0) is 10.8. The van der Waals surface area contributed by atoms with E-state index in [0.29, 0.717) is 10.6 Å². The first-order valence-corrected chi connectivity index (χ1v) is 4.86. The molecule has 0 atom stereocenters. The van der Waals surface area contributed by atoms with Crippen LogP contribution in [0.25, 0.3) is 11.3 Å². The Bertz CT molecular complexity index is 503. The molecule has 2 aromatic rings. The van der Waals surface area contributed by atoms with Gasteiger partial charge in [0.1, 0.15) is 5.69 Å². The summed E-state index contributed by atoms with van der Waals surface area (Å²) in [5, 5.41) is 0.521. The molecule has 1 aromatic carbocycles. The molecule has 76 valence electrons. The van der Waals surface area contributed by atoms with E-state index >= 15 is 0 Å². The van der Waals surface area contributed by atoms with E-state index < -0.39 is 5.82 Å². The van der Waals surface area contributed by atoms with Crippen molar-refractivity contribution in [3.05, 3.63) is 46.6 Å². The highest BCUT2D eigenvalue weighted by Crippen LogP contribution is 2.23. The molecule has 0 radical (unpaired) electrons. The van der Waals surface area contributed by atoms with E-state index in [-0.39, 0.29) is 11.0 Å². The molecule has 2 nitrogen and oxygen atoms in total. The maximum Gasteiger partial charge on any atom is 0.223 e. The minimum Gasteiger partial charge on any atom is -0.223 e. The summed E-state index contributed by atoms with van der Waals surface area (Å²) in [4.78, 5) is 7.34. The summed E-state index contributed by atoms with van der Waals surface area (Å²) >= 11 is 11.4. The lowest BCUT2D eigenvalue weighted by molar-refractivity contribution is 0.618. The Morgan fingerprint density at radius 1 is 1.20 bits per heavy atom. The second kappa shape index (κ2) is 4.13. The van der Waals surface area contributed by atoms with Crippen LogP contribution in [0.15, 0.2) is 30.5 Å². The highest BCUT2D eigenvalue weighted by molar-refractivity contribution is 6.30. The van der Waals surface area contributed by atoms with Crippen molar-refractivity contribution in [3.63, 3.8) is 0 Å². The maximum atomic E-state index is 13.4. The number of hydrogen-bond acceptors (Lipinski definition) is 2. The Hall–Kier alpha value is -1.19. The predicted molar refractivity (Wildman–Crippen MR) is 57.4 cm³/mol. The Labute approximate surface area is 95.7 Å². The van der Waals surface area contributed by atoms with E-state index in [1.165, 1.54) is 0 Å². The minimum atomic E-state index is -0.526. The third kappa shape index (κ3) is 2.25. The normalized spacial score (nSPS) is 10.3. The molecule has 5 heteroatoms.